The van der Waals surface area contributed by atoms with Gasteiger partial charge < -0.3 is 51.1 Å². The van der Waals surface area contributed by atoms with Crippen molar-refractivity contribution in [1.82, 2.24) is 16.0 Å². The Bertz CT molecular complexity index is 2820. The van der Waals surface area contributed by atoms with Crippen LogP contribution in [0.4, 0.5) is 13.2 Å². The summed E-state index contributed by atoms with van der Waals surface area (Å²) in [6, 6.07) is 8.18. The van der Waals surface area contributed by atoms with Crippen molar-refractivity contribution in [3.63, 3.8) is 0 Å². The molecule has 5 amide bonds. The van der Waals surface area contributed by atoms with Gasteiger partial charge in [-0.1, -0.05) is 95.7 Å². The summed E-state index contributed by atoms with van der Waals surface area (Å²) in [6.45, 7) is 10.5. The molecule has 0 radical (unpaired) electrons. The van der Waals surface area contributed by atoms with E-state index in [1.807, 2.05) is 6.92 Å². The second-order valence-electron chi connectivity index (χ2n) is 20.2. The van der Waals surface area contributed by atoms with Crippen molar-refractivity contribution in [2.75, 3.05) is 7.11 Å². The predicted molar refractivity (Wildman–Crippen MR) is 288 cm³/mol. The highest BCUT2D eigenvalue weighted by Gasteiger charge is 2.64. The summed E-state index contributed by atoms with van der Waals surface area (Å²) in [5.41, 5.74) is 6.93. The number of rotatable bonds is 31. The lowest BCUT2D eigenvalue weighted by Crippen LogP contribution is -2.56. The molecule has 20 nitrogen and oxygen atoms in total. The monoisotopic (exact) mass is 1140 g/mol. The molecule has 23 heteroatoms. The lowest BCUT2D eigenvalue weighted by Gasteiger charge is -2.33. The SMILES string of the molecule is CCCCCCCCC[C@H](CC(=O)N[C@@H](CC(N)=O)C(=O)N[C@@H](CCC(N)=O)C(=O)N[C@H](CC(C)C)C1=C(c2c(OC(C)=O)cccc2OC(C)=O)c2c(OC(C)=O)cc(C)cc2C1=O)OC(=O)[C@](OC)(c1ccccc1)C(F)(F)F. The molecule has 0 fully saturated rings. The number of fused-ring (bicyclic) bond motifs is 1. The zero-order chi connectivity index (χ0) is 60.4. The van der Waals surface area contributed by atoms with Gasteiger partial charge in [-0.05, 0) is 68.4 Å². The number of esters is 4. The molecular weight excluding hydrogens is 1060 g/mol. The fourth-order valence-corrected chi connectivity index (χ4v) is 9.49. The van der Waals surface area contributed by atoms with Gasteiger partial charge in [-0.15, -0.1) is 0 Å². The molecule has 0 aromatic heterocycles. The number of primary amides is 2. The van der Waals surface area contributed by atoms with Crippen molar-refractivity contribution in [3.8, 4) is 17.2 Å². The molecule has 0 saturated heterocycles. The first-order valence-electron chi connectivity index (χ1n) is 26.6. The van der Waals surface area contributed by atoms with Gasteiger partial charge in [0, 0.05) is 62.1 Å². The predicted octanol–water partition coefficient (Wildman–Crippen LogP) is 6.96. The minimum Gasteiger partial charge on any atom is -0.459 e. The lowest BCUT2D eigenvalue weighted by atomic mass is 9.88. The molecule has 3 aromatic carbocycles. The van der Waals surface area contributed by atoms with E-state index in [2.05, 4.69) is 16.0 Å². The molecule has 3 aromatic rings. The largest absolute Gasteiger partial charge is 0.459 e. The Balaban J connectivity index is 1.79. The smallest absolute Gasteiger partial charge is 0.432 e. The second-order valence-corrected chi connectivity index (χ2v) is 20.2. The first-order valence-corrected chi connectivity index (χ1v) is 26.6. The third-order valence-electron chi connectivity index (χ3n) is 13.0. The Morgan fingerprint density at radius 2 is 1.22 bits per heavy atom. The number of unbranched alkanes of at least 4 members (excludes halogenated alkanes) is 6. The summed E-state index contributed by atoms with van der Waals surface area (Å²) in [7, 11) is 0.690. The number of hydrogen-bond donors (Lipinski definition) is 5. The highest BCUT2D eigenvalue weighted by atomic mass is 19.4. The number of nitrogens with one attached hydrogen (secondary N) is 3. The minimum atomic E-state index is -5.35. The quantitative estimate of drug-likeness (QED) is 0.0247. The fraction of sp³-hybridized carbons (Fsp3) is 0.483. The van der Waals surface area contributed by atoms with Crippen LogP contribution in [0.3, 0.4) is 0 Å². The summed E-state index contributed by atoms with van der Waals surface area (Å²) in [6.07, 6.45) is -4.33. The summed E-state index contributed by atoms with van der Waals surface area (Å²) in [4.78, 5) is 135. The van der Waals surface area contributed by atoms with Crippen LogP contribution in [0.15, 0.2) is 66.2 Å². The van der Waals surface area contributed by atoms with Crippen LogP contribution in [0.25, 0.3) is 5.57 Å². The number of alkyl halides is 3. The topological polar surface area (TPSA) is 305 Å². The van der Waals surface area contributed by atoms with Gasteiger partial charge in [-0.3, -0.25) is 43.2 Å². The highest BCUT2D eigenvalue weighted by molar-refractivity contribution is 6.25. The normalized spacial score (nSPS) is 14.3. The molecule has 0 unspecified atom stereocenters. The number of benzene rings is 3. The summed E-state index contributed by atoms with van der Waals surface area (Å²) >= 11 is 0. The summed E-state index contributed by atoms with van der Waals surface area (Å²) < 4.78 is 72.1. The molecule has 0 spiro atoms. The maximum atomic E-state index is 15.1. The van der Waals surface area contributed by atoms with E-state index >= 15 is 4.79 Å². The number of carbonyl (C=O) groups excluding carboxylic acids is 10. The van der Waals surface area contributed by atoms with Gasteiger partial charge in [0.05, 0.1) is 24.4 Å². The Morgan fingerprint density at radius 3 is 1.75 bits per heavy atom. The van der Waals surface area contributed by atoms with Gasteiger partial charge >= 0.3 is 30.1 Å². The zero-order valence-corrected chi connectivity index (χ0v) is 46.8. The third-order valence-corrected chi connectivity index (χ3v) is 13.0. The van der Waals surface area contributed by atoms with Crippen LogP contribution in [0.1, 0.15) is 158 Å². The molecule has 0 saturated carbocycles. The molecule has 4 rings (SSSR count). The molecule has 5 atom stereocenters. The van der Waals surface area contributed by atoms with Gasteiger partial charge in [0.1, 0.15) is 35.4 Å². The van der Waals surface area contributed by atoms with E-state index in [-0.39, 0.29) is 63.8 Å². The molecule has 0 bridgehead atoms. The zero-order valence-electron chi connectivity index (χ0n) is 46.8. The van der Waals surface area contributed by atoms with Gasteiger partial charge in [0.15, 0.2) is 5.78 Å². The average Bonchev–Trinajstić information content (AvgIpc) is 3.73. The number of amides is 5. The van der Waals surface area contributed by atoms with E-state index < -0.39 is 126 Å². The van der Waals surface area contributed by atoms with E-state index in [0.29, 0.717) is 25.5 Å². The molecule has 0 heterocycles. The van der Waals surface area contributed by atoms with Crippen molar-refractivity contribution in [2.24, 2.45) is 17.4 Å². The standard InChI is InChI=1S/C58H72F3N5O15/c1-9-10-11-12-13-14-18-22-38(81-56(76)57(77-8,58(59,60)61)37-20-16-15-17-21-37)30-48(72)64-42(31-47(63)71)55(75)65-40(25-26-46(62)70)54(74)66-41(27-32(2)3)50-52(49-39(53(50)73)28-33(4)29-45(49)80-36(7)69)51-43(78-34(5)67)23-19-24-44(51)79-35(6)68/h15-17,19-21,23-24,28-29,32,38,40-42H,9-14,18,22,25-27,30-31H2,1-8H3,(H2,62,70)(H2,63,71)(H,64,72)(H,65,75)(H,66,74)/t38-,40+,41-,42+,57-/m1/s1. The van der Waals surface area contributed by atoms with Crippen molar-refractivity contribution < 1.29 is 84.8 Å². The van der Waals surface area contributed by atoms with Gasteiger partial charge in [0.2, 0.25) is 29.5 Å². The molecule has 7 N–H and O–H groups in total. The van der Waals surface area contributed by atoms with Crippen LogP contribution < -0.4 is 41.6 Å². The number of halogens is 3. The summed E-state index contributed by atoms with van der Waals surface area (Å²) in [5.74, 6) is -11.2. The lowest BCUT2D eigenvalue weighted by molar-refractivity contribution is -0.278. The number of carbonyl (C=O) groups is 10. The van der Waals surface area contributed by atoms with Gasteiger partial charge in [0.25, 0.3) is 5.60 Å². The molecule has 440 valence electrons. The van der Waals surface area contributed by atoms with Crippen LogP contribution in [0, 0.1) is 12.8 Å². The van der Waals surface area contributed by atoms with E-state index in [4.69, 9.17) is 35.2 Å². The van der Waals surface area contributed by atoms with E-state index in [9.17, 15) is 56.3 Å². The maximum Gasteiger partial charge on any atom is 0.432 e. The van der Waals surface area contributed by atoms with Crippen molar-refractivity contribution in [1.29, 1.82) is 0 Å². The van der Waals surface area contributed by atoms with Crippen molar-refractivity contribution >= 4 is 64.8 Å². The van der Waals surface area contributed by atoms with Gasteiger partial charge in [-0.2, -0.15) is 13.2 Å². The van der Waals surface area contributed by atoms with E-state index in [1.54, 1.807) is 20.8 Å². The molecular formula is C58H72F3N5O15. The second kappa shape index (κ2) is 30.0. The van der Waals surface area contributed by atoms with Crippen molar-refractivity contribution in [2.45, 2.75) is 168 Å². The van der Waals surface area contributed by atoms with Crippen LogP contribution in [0.5, 0.6) is 17.2 Å². The number of ether oxygens (including phenoxy) is 5. The highest BCUT2D eigenvalue weighted by Crippen LogP contribution is 2.50. The van der Waals surface area contributed by atoms with E-state index in [1.165, 1.54) is 48.5 Å². The Morgan fingerprint density at radius 1 is 0.654 bits per heavy atom. The van der Waals surface area contributed by atoms with Crippen LogP contribution in [-0.2, 0) is 58.2 Å². The van der Waals surface area contributed by atoms with Crippen LogP contribution in [0.2, 0.25) is 0 Å². The van der Waals surface area contributed by atoms with E-state index in [0.717, 1.165) is 65.0 Å². The number of aryl methyl sites for hydroxylation is 1. The number of methoxy groups -OCH3 is 1. The molecule has 1 aliphatic rings. The number of ketones is 1. The third kappa shape index (κ3) is 18.0. The maximum absolute atomic E-state index is 15.1. The summed E-state index contributed by atoms with van der Waals surface area (Å²) in [5, 5.41) is 7.56. The number of Topliss-reactive ketones (excluding diaryl/α,β-unsaturated/α-hetero) is 1. The number of hydrogen-bond acceptors (Lipinski definition) is 15. The van der Waals surface area contributed by atoms with Crippen molar-refractivity contribution in [3.05, 3.63) is 94.1 Å². The Hall–Kier alpha value is -7.95. The average molecular weight is 1140 g/mol. The minimum absolute atomic E-state index is 0.00408. The number of nitrogens with two attached hydrogens (primary N) is 2. The molecule has 0 aliphatic heterocycles. The Kier molecular flexibility index (Phi) is 24.3. The first-order chi connectivity index (χ1) is 38.1. The van der Waals surface area contributed by atoms with Crippen LogP contribution in [-0.4, -0.2) is 96.7 Å². The van der Waals surface area contributed by atoms with Gasteiger partial charge in [-0.25, -0.2) is 4.79 Å². The van der Waals surface area contributed by atoms with Crippen LogP contribution >= 0.6 is 0 Å². The first kappa shape index (κ1) is 65.6. The Labute approximate surface area is 467 Å². The molecule has 81 heavy (non-hydrogen) atoms. The molecule has 1 aliphatic carbocycles. The fourth-order valence-electron chi connectivity index (χ4n) is 9.49.